The van der Waals surface area contributed by atoms with Gasteiger partial charge in [0.2, 0.25) is 0 Å². The van der Waals surface area contributed by atoms with Gasteiger partial charge in [0, 0.05) is 23.7 Å². The highest BCUT2D eigenvalue weighted by Gasteiger charge is 2.68. The van der Waals surface area contributed by atoms with E-state index in [2.05, 4.69) is 92.1 Å². The van der Waals surface area contributed by atoms with Crippen molar-refractivity contribution < 1.29 is 19.4 Å². The number of aliphatic hydroxyl groups is 1. The normalized spacial score (nSPS) is 30.4. The van der Waals surface area contributed by atoms with Gasteiger partial charge in [-0.2, -0.15) is 0 Å². The van der Waals surface area contributed by atoms with Crippen molar-refractivity contribution in [3.05, 3.63) is 60.7 Å². The summed E-state index contributed by atoms with van der Waals surface area (Å²) in [5, 5.41) is 28.6. The van der Waals surface area contributed by atoms with Crippen LogP contribution in [-0.2, 0) is 4.43 Å². The van der Waals surface area contributed by atoms with Crippen LogP contribution in [-0.4, -0.2) is 54.5 Å². The molecule has 1 atom stereocenters. The molecule has 0 saturated heterocycles. The van der Waals surface area contributed by atoms with E-state index in [0.717, 1.165) is 32.1 Å². The Labute approximate surface area is 209 Å². The zero-order valence-corrected chi connectivity index (χ0v) is 22.0. The van der Waals surface area contributed by atoms with Crippen molar-refractivity contribution in [2.75, 3.05) is 6.54 Å². The molecule has 4 saturated carbocycles. The second-order valence-electron chi connectivity index (χ2n) is 12.1. The van der Waals surface area contributed by atoms with E-state index in [-0.39, 0.29) is 28.1 Å². The van der Waals surface area contributed by atoms with Crippen LogP contribution in [0.4, 0.5) is 4.79 Å². The van der Waals surface area contributed by atoms with Gasteiger partial charge < -0.3 is 25.3 Å². The standard InChI is InChI=1S/C28H38N2O4Si/c1-26(2,3)35(22-10-6-4-7-11-22,23-12-8-5-9-13-23)34-21-14-20(15-21)24(31)16-29-27-17-28(18-27,19-27)30-25(32)33/h4-13,20-21,24,29-31H,14-19H2,1-3H3,(H,32,33)/t20-,21+,24?,27?,28?. The first-order chi connectivity index (χ1) is 16.6. The molecule has 0 radical (unpaired) electrons. The Morgan fingerprint density at radius 3 is 1.97 bits per heavy atom. The van der Waals surface area contributed by atoms with Crippen LogP contribution in [0.15, 0.2) is 60.7 Å². The molecule has 7 heteroatoms. The Morgan fingerprint density at radius 1 is 1.00 bits per heavy atom. The van der Waals surface area contributed by atoms with E-state index in [0.29, 0.717) is 6.54 Å². The van der Waals surface area contributed by atoms with Gasteiger partial charge in [0.1, 0.15) is 0 Å². The van der Waals surface area contributed by atoms with Crippen LogP contribution in [0.2, 0.25) is 5.04 Å². The molecule has 0 aliphatic heterocycles. The number of hydrogen-bond donors (Lipinski definition) is 4. The molecule has 2 bridgehead atoms. The van der Waals surface area contributed by atoms with E-state index in [4.69, 9.17) is 9.53 Å². The highest BCUT2D eigenvalue weighted by molar-refractivity contribution is 6.99. The number of carboxylic acid groups (broad SMARTS) is 1. The Kier molecular flexibility index (Phi) is 6.11. The molecule has 2 aromatic carbocycles. The molecule has 0 aromatic heterocycles. The van der Waals surface area contributed by atoms with Crippen LogP contribution in [0.5, 0.6) is 0 Å². The van der Waals surface area contributed by atoms with Crippen molar-refractivity contribution in [2.45, 2.75) is 81.2 Å². The second-order valence-corrected chi connectivity index (χ2v) is 16.4. The van der Waals surface area contributed by atoms with Gasteiger partial charge in [-0.05, 0) is 53.4 Å². The molecule has 35 heavy (non-hydrogen) atoms. The summed E-state index contributed by atoms with van der Waals surface area (Å²) >= 11 is 0. The summed E-state index contributed by atoms with van der Waals surface area (Å²) < 4.78 is 7.17. The van der Waals surface area contributed by atoms with Crippen molar-refractivity contribution in [1.82, 2.24) is 10.6 Å². The van der Waals surface area contributed by atoms with Crippen molar-refractivity contribution in [3.8, 4) is 0 Å². The summed E-state index contributed by atoms with van der Waals surface area (Å²) in [6.07, 6.45) is 2.98. The van der Waals surface area contributed by atoms with Gasteiger partial charge in [-0.1, -0.05) is 81.4 Å². The lowest BCUT2D eigenvalue weighted by atomic mass is 9.44. The van der Waals surface area contributed by atoms with Crippen LogP contribution in [0.25, 0.3) is 0 Å². The molecule has 6 rings (SSSR count). The Balaban J connectivity index is 1.22. The van der Waals surface area contributed by atoms with Crippen LogP contribution in [0.3, 0.4) is 0 Å². The molecule has 4 aliphatic carbocycles. The van der Waals surface area contributed by atoms with Gasteiger partial charge in [-0.3, -0.25) is 0 Å². The molecule has 0 spiro atoms. The fourth-order valence-electron chi connectivity index (χ4n) is 6.78. The molecule has 6 nitrogen and oxygen atoms in total. The third-order valence-electron chi connectivity index (χ3n) is 8.52. The number of benzene rings is 2. The van der Waals surface area contributed by atoms with Gasteiger partial charge in [-0.25, -0.2) is 4.79 Å². The predicted octanol–water partition coefficient (Wildman–Crippen LogP) is 3.23. The molecule has 188 valence electrons. The van der Waals surface area contributed by atoms with E-state index < -0.39 is 20.5 Å². The fourth-order valence-corrected chi connectivity index (χ4v) is 11.5. The van der Waals surface area contributed by atoms with Gasteiger partial charge in [-0.15, -0.1) is 0 Å². The van der Waals surface area contributed by atoms with Crippen molar-refractivity contribution >= 4 is 24.8 Å². The monoisotopic (exact) mass is 494 g/mol. The molecule has 4 aliphatic rings. The minimum atomic E-state index is -2.56. The van der Waals surface area contributed by atoms with Crippen molar-refractivity contribution in [1.29, 1.82) is 0 Å². The maximum atomic E-state index is 10.9. The third-order valence-corrected chi connectivity index (χ3v) is 13.6. The molecule has 1 amide bonds. The number of amides is 1. The lowest BCUT2D eigenvalue weighted by Gasteiger charge is -2.70. The number of aliphatic hydroxyl groups excluding tert-OH is 1. The third kappa shape index (κ3) is 4.33. The van der Waals surface area contributed by atoms with Gasteiger partial charge in [0.15, 0.2) is 0 Å². The van der Waals surface area contributed by atoms with Gasteiger partial charge in [0.25, 0.3) is 8.32 Å². The summed E-state index contributed by atoms with van der Waals surface area (Å²) in [5.74, 6) is 0.226. The molecule has 4 fully saturated rings. The summed E-state index contributed by atoms with van der Waals surface area (Å²) in [6, 6.07) is 21.4. The maximum Gasteiger partial charge on any atom is 0.405 e. The minimum Gasteiger partial charge on any atom is -0.465 e. The minimum absolute atomic E-state index is 0.0119. The molecule has 2 aromatic rings. The predicted molar refractivity (Wildman–Crippen MR) is 140 cm³/mol. The van der Waals surface area contributed by atoms with Gasteiger partial charge in [0.05, 0.1) is 6.10 Å². The summed E-state index contributed by atoms with van der Waals surface area (Å²) in [4.78, 5) is 10.9. The average molecular weight is 495 g/mol. The zero-order chi connectivity index (χ0) is 24.9. The van der Waals surface area contributed by atoms with E-state index in [1.807, 2.05) is 0 Å². The largest absolute Gasteiger partial charge is 0.465 e. The first-order valence-corrected chi connectivity index (χ1v) is 14.7. The molecule has 4 N–H and O–H groups in total. The first-order valence-electron chi connectivity index (χ1n) is 12.8. The van der Waals surface area contributed by atoms with Crippen molar-refractivity contribution in [3.63, 3.8) is 0 Å². The highest BCUT2D eigenvalue weighted by Crippen LogP contribution is 2.60. The van der Waals surface area contributed by atoms with E-state index >= 15 is 0 Å². The molecule has 1 unspecified atom stereocenters. The summed E-state index contributed by atoms with van der Waals surface area (Å²) in [6.45, 7) is 7.44. The van der Waals surface area contributed by atoms with Crippen LogP contribution < -0.4 is 21.0 Å². The Hall–Kier alpha value is -2.19. The molecular weight excluding hydrogens is 456 g/mol. The topological polar surface area (TPSA) is 90.8 Å². The summed E-state index contributed by atoms with van der Waals surface area (Å²) in [7, 11) is -2.56. The maximum absolute atomic E-state index is 10.9. The number of β-amino-alcohol motifs (C(OH)–C–C–N with tert-alkyl or cyclic N) is 1. The van der Waals surface area contributed by atoms with E-state index in [9.17, 15) is 9.90 Å². The van der Waals surface area contributed by atoms with E-state index in [1.54, 1.807) is 0 Å². The van der Waals surface area contributed by atoms with Crippen LogP contribution >= 0.6 is 0 Å². The zero-order valence-electron chi connectivity index (χ0n) is 21.0. The van der Waals surface area contributed by atoms with Crippen LogP contribution in [0.1, 0.15) is 52.9 Å². The first kappa shape index (κ1) is 24.5. The number of rotatable bonds is 9. The molecule has 0 heterocycles. The lowest BCUT2D eigenvalue weighted by molar-refractivity contribution is -0.108. The SMILES string of the molecule is CC(C)(C)[Si](O[C@H]1C[C@@H](C(O)CNC23CC(NC(=O)O)(C2)C3)C1)(c1ccccc1)c1ccccc1. The highest BCUT2D eigenvalue weighted by atomic mass is 28.4. The number of nitrogens with one attached hydrogen (secondary N) is 2. The average Bonchev–Trinajstić information content (AvgIpc) is 2.74. The van der Waals surface area contributed by atoms with Crippen LogP contribution in [0, 0.1) is 5.92 Å². The van der Waals surface area contributed by atoms with E-state index in [1.165, 1.54) is 10.4 Å². The smallest absolute Gasteiger partial charge is 0.405 e. The Morgan fingerprint density at radius 2 is 1.51 bits per heavy atom. The fraction of sp³-hybridized carbons (Fsp3) is 0.536. The second kappa shape index (κ2) is 8.73. The summed E-state index contributed by atoms with van der Waals surface area (Å²) in [5.41, 5.74) is -0.215. The molecular formula is C28H38N2O4Si. The number of carbonyl (C=O) groups is 1. The number of hydrogen-bond acceptors (Lipinski definition) is 4. The lowest BCUT2D eigenvalue weighted by Crippen LogP contribution is -2.83. The Bertz CT molecular complexity index is 990. The van der Waals surface area contributed by atoms with Crippen molar-refractivity contribution in [2.24, 2.45) is 5.92 Å². The van der Waals surface area contributed by atoms with Gasteiger partial charge >= 0.3 is 6.09 Å². The quantitative estimate of drug-likeness (QED) is 0.402.